The monoisotopic (exact) mass is 180 g/mol. The SMILES string of the molecule is O=NCc1cccc(C=N[O-])[n+]1[O-]. The Morgan fingerprint density at radius 3 is 2.92 bits per heavy atom. The molecule has 0 aromatic carbocycles. The van der Waals surface area contributed by atoms with Crippen molar-refractivity contribution in [2.75, 3.05) is 0 Å². The van der Waals surface area contributed by atoms with Crippen LogP contribution in [0.2, 0.25) is 0 Å². The fourth-order valence-corrected chi connectivity index (χ4v) is 0.892. The highest BCUT2D eigenvalue weighted by Gasteiger charge is 2.07. The van der Waals surface area contributed by atoms with Crippen LogP contribution in [0.4, 0.5) is 0 Å². The predicted octanol–water partition coefficient (Wildman–Crippen LogP) is 0.503. The number of nitroso groups, excluding NO2 is 1. The molecule has 68 valence electrons. The number of nitrogens with zero attached hydrogens (tertiary/aromatic N) is 3. The Morgan fingerprint density at radius 2 is 2.31 bits per heavy atom. The van der Waals surface area contributed by atoms with Crippen molar-refractivity contribution >= 4 is 6.21 Å². The molecule has 1 rings (SSSR count). The molecular formula is C7H6N3O3-. The van der Waals surface area contributed by atoms with Gasteiger partial charge in [0.2, 0.25) is 11.4 Å². The predicted molar refractivity (Wildman–Crippen MR) is 45.9 cm³/mol. The van der Waals surface area contributed by atoms with Crippen LogP contribution in [-0.4, -0.2) is 6.21 Å². The van der Waals surface area contributed by atoms with Gasteiger partial charge in [-0.25, -0.2) is 0 Å². The summed E-state index contributed by atoms with van der Waals surface area (Å²) in [4.78, 5) is 9.90. The molecule has 0 bridgehead atoms. The van der Waals surface area contributed by atoms with E-state index in [1.54, 1.807) is 6.07 Å². The molecule has 1 heterocycles. The lowest BCUT2D eigenvalue weighted by molar-refractivity contribution is -0.614. The molecule has 0 unspecified atom stereocenters. The standard InChI is InChI=1S/C7H7N3O3/c11-8-4-6-2-1-3-7(5-9-12)10(6)13/h1-4,11H,5H2/p-1. The summed E-state index contributed by atoms with van der Waals surface area (Å²) in [6.45, 7) is -0.218. The second-order valence-corrected chi connectivity index (χ2v) is 2.26. The maximum Gasteiger partial charge on any atom is 0.234 e. The Hall–Kier alpha value is -1.98. The molecule has 0 radical (unpaired) electrons. The first kappa shape index (κ1) is 9.11. The van der Waals surface area contributed by atoms with Crippen molar-refractivity contribution in [3.05, 3.63) is 44.9 Å². The van der Waals surface area contributed by atoms with E-state index >= 15 is 0 Å². The molecule has 0 saturated heterocycles. The summed E-state index contributed by atoms with van der Waals surface area (Å²) in [5.41, 5.74) is 0.281. The second-order valence-electron chi connectivity index (χ2n) is 2.26. The second kappa shape index (κ2) is 4.15. The molecule has 0 spiro atoms. The molecule has 1 aromatic rings. The lowest BCUT2D eigenvalue weighted by atomic mass is 10.3. The van der Waals surface area contributed by atoms with E-state index in [1.807, 2.05) is 0 Å². The minimum Gasteiger partial charge on any atom is -0.792 e. The van der Waals surface area contributed by atoms with Crippen molar-refractivity contribution in [3.8, 4) is 0 Å². The molecule has 0 aliphatic heterocycles. The van der Waals surface area contributed by atoms with Gasteiger partial charge in [0.15, 0.2) is 6.54 Å². The number of hydrogen-bond donors (Lipinski definition) is 0. The molecule has 0 saturated carbocycles. The number of rotatable bonds is 3. The minimum absolute atomic E-state index is 0.0937. The zero-order valence-electron chi connectivity index (χ0n) is 6.58. The Labute approximate surface area is 73.7 Å². The third-order valence-corrected chi connectivity index (χ3v) is 1.46. The van der Waals surface area contributed by atoms with Crippen molar-refractivity contribution < 1.29 is 4.73 Å². The zero-order chi connectivity index (χ0) is 9.68. The van der Waals surface area contributed by atoms with E-state index in [4.69, 9.17) is 0 Å². The minimum atomic E-state index is -0.218. The number of hydrogen-bond acceptors (Lipinski definition) is 5. The summed E-state index contributed by atoms with van der Waals surface area (Å²) < 4.78 is 0.447. The van der Waals surface area contributed by atoms with Gasteiger partial charge in [0.05, 0.1) is 6.21 Å². The summed E-state index contributed by atoms with van der Waals surface area (Å²) in [6, 6.07) is 4.42. The molecular weight excluding hydrogens is 174 g/mol. The normalized spacial score (nSPS) is 10.5. The Kier molecular flexibility index (Phi) is 2.91. The Balaban J connectivity index is 3.09. The van der Waals surface area contributed by atoms with Crippen LogP contribution in [-0.2, 0) is 6.54 Å². The third kappa shape index (κ3) is 1.98. The van der Waals surface area contributed by atoms with Gasteiger partial charge in [-0.1, -0.05) is 5.18 Å². The highest BCUT2D eigenvalue weighted by molar-refractivity contribution is 5.75. The summed E-state index contributed by atoms with van der Waals surface area (Å²) >= 11 is 0. The summed E-state index contributed by atoms with van der Waals surface area (Å²) in [5.74, 6) is 0. The van der Waals surface area contributed by atoms with E-state index in [-0.39, 0.29) is 17.9 Å². The van der Waals surface area contributed by atoms with Gasteiger partial charge in [0, 0.05) is 12.1 Å². The Bertz CT molecular complexity index is 338. The lowest BCUT2D eigenvalue weighted by Gasteiger charge is -2.03. The van der Waals surface area contributed by atoms with Gasteiger partial charge < -0.3 is 15.6 Å². The Morgan fingerprint density at radius 1 is 1.54 bits per heavy atom. The van der Waals surface area contributed by atoms with E-state index in [0.29, 0.717) is 4.73 Å². The summed E-state index contributed by atoms with van der Waals surface area (Å²) in [5, 5.41) is 26.1. The molecule has 0 aliphatic rings. The van der Waals surface area contributed by atoms with Crippen molar-refractivity contribution in [1.29, 1.82) is 0 Å². The van der Waals surface area contributed by atoms with Gasteiger partial charge in [0.1, 0.15) is 0 Å². The van der Waals surface area contributed by atoms with E-state index in [2.05, 4.69) is 10.3 Å². The molecule has 6 nitrogen and oxygen atoms in total. The topological polar surface area (TPSA) is 91.8 Å². The highest BCUT2D eigenvalue weighted by atomic mass is 16.5. The maximum atomic E-state index is 11.2. The molecule has 0 aliphatic carbocycles. The molecule has 6 heteroatoms. The van der Waals surface area contributed by atoms with Crippen LogP contribution in [0.3, 0.4) is 0 Å². The van der Waals surface area contributed by atoms with Crippen LogP contribution in [0.15, 0.2) is 28.5 Å². The van der Waals surface area contributed by atoms with Gasteiger partial charge in [-0.2, -0.15) is 9.64 Å². The fraction of sp³-hybridized carbons (Fsp3) is 0.143. The quantitative estimate of drug-likeness (QED) is 0.223. The first-order chi connectivity index (χ1) is 6.29. The molecule has 0 fully saturated rings. The van der Waals surface area contributed by atoms with E-state index in [1.165, 1.54) is 12.1 Å². The smallest absolute Gasteiger partial charge is 0.234 e. The van der Waals surface area contributed by atoms with Gasteiger partial charge in [-0.05, 0) is 6.07 Å². The van der Waals surface area contributed by atoms with Crippen LogP contribution in [0.25, 0.3) is 0 Å². The average Bonchev–Trinajstić information content (AvgIpc) is 2.13. The molecule has 13 heavy (non-hydrogen) atoms. The lowest BCUT2D eigenvalue weighted by Crippen LogP contribution is -2.36. The van der Waals surface area contributed by atoms with Crippen LogP contribution in [0.5, 0.6) is 0 Å². The van der Waals surface area contributed by atoms with Gasteiger partial charge >= 0.3 is 0 Å². The fourth-order valence-electron chi connectivity index (χ4n) is 0.892. The first-order valence-corrected chi connectivity index (χ1v) is 3.46. The molecule has 0 amide bonds. The average molecular weight is 180 g/mol. The largest absolute Gasteiger partial charge is 0.792 e. The van der Waals surface area contributed by atoms with Gasteiger partial charge in [0.25, 0.3) is 0 Å². The van der Waals surface area contributed by atoms with E-state index in [0.717, 1.165) is 6.21 Å². The first-order valence-electron chi connectivity index (χ1n) is 3.46. The summed E-state index contributed by atoms with van der Waals surface area (Å²) in [7, 11) is 0. The number of pyridine rings is 1. The van der Waals surface area contributed by atoms with E-state index < -0.39 is 0 Å². The number of aromatic nitrogens is 1. The van der Waals surface area contributed by atoms with Gasteiger partial charge in [-0.3, -0.25) is 0 Å². The van der Waals surface area contributed by atoms with E-state index in [9.17, 15) is 15.3 Å². The van der Waals surface area contributed by atoms with Crippen LogP contribution in [0, 0.1) is 15.3 Å². The zero-order valence-corrected chi connectivity index (χ0v) is 6.58. The molecule has 1 aromatic heterocycles. The third-order valence-electron chi connectivity index (χ3n) is 1.46. The van der Waals surface area contributed by atoms with Crippen LogP contribution < -0.4 is 4.73 Å². The van der Waals surface area contributed by atoms with Gasteiger partial charge in [-0.15, -0.1) is 0 Å². The summed E-state index contributed by atoms with van der Waals surface area (Å²) in [6.07, 6.45) is 0.876. The van der Waals surface area contributed by atoms with Crippen molar-refractivity contribution in [3.63, 3.8) is 0 Å². The van der Waals surface area contributed by atoms with Crippen molar-refractivity contribution in [2.45, 2.75) is 6.54 Å². The van der Waals surface area contributed by atoms with Crippen LogP contribution >= 0.6 is 0 Å². The van der Waals surface area contributed by atoms with Crippen LogP contribution in [0.1, 0.15) is 11.4 Å². The van der Waals surface area contributed by atoms with Crippen molar-refractivity contribution in [2.24, 2.45) is 10.3 Å². The maximum absolute atomic E-state index is 11.2. The molecule has 0 atom stereocenters. The van der Waals surface area contributed by atoms with Crippen molar-refractivity contribution in [1.82, 2.24) is 0 Å². The highest BCUT2D eigenvalue weighted by Crippen LogP contribution is 1.96. The molecule has 0 N–H and O–H groups in total.